The first-order valence-corrected chi connectivity index (χ1v) is 8.47. The summed E-state index contributed by atoms with van der Waals surface area (Å²) in [6, 6.07) is 7.72. The molecule has 0 saturated heterocycles. The molecule has 0 aliphatic heterocycles. The molecule has 0 unspecified atom stereocenters. The van der Waals surface area contributed by atoms with E-state index in [1.54, 1.807) is 13.3 Å². The van der Waals surface area contributed by atoms with Gasteiger partial charge >= 0.3 is 0 Å². The van der Waals surface area contributed by atoms with Gasteiger partial charge in [0.25, 0.3) is 5.91 Å². The number of nitrogens with one attached hydrogen (secondary N) is 1. The summed E-state index contributed by atoms with van der Waals surface area (Å²) in [5.74, 6) is 1.11. The quantitative estimate of drug-likeness (QED) is 0.817. The number of hydrogen-bond donors (Lipinski definition) is 2. The lowest BCUT2D eigenvalue weighted by Crippen LogP contribution is -2.33. The molecule has 0 aliphatic carbocycles. The third-order valence-corrected chi connectivity index (χ3v) is 4.73. The van der Waals surface area contributed by atoms with Crippen molar-refractivity contribution < 1.29 is 9.53 Å². The molecule has 1 aromatic carbocycles. The van der Waals surface area contributed by atoms with E-state index in [9.17, 15) is 4.79 Å². The predicted octanol–water partition coefficient (Wildman–Crippen LogP) is 2.92. The standard InChI is InChI=1S/C17H23N3O2S/c1-11(2)14(18)8-9-19-16(21)15-10-20-17(23-15)12-4-6-13(22-3)7-5-12/h4-7,10-11,14H,8-9,18H2,1-3H3,(H,19,21)/t14-/m1/s1. The van der Waals surface area contributed by atoms with E-state index in [4.69, 9.17) is 10.5 Å². The second-order valence-electron chi connectivity index (χ2n) is 5.71. The lowest BCUT2D eigenvalue weighted by molar-refractivity contribution is 0.0956. The highest BCUT2D eigenvalue weighted by atomic mass is 32.1. The van der Waals surface area contributed by atoms with Gasteiger partial charge in [0, 0.05) is 18.2 Å². The molecular weight excluding hydrogens is 310 g/mol. The van der Waals surface area contributed by atoms with Crippen molar-refractivity contribution in [2.45, 2.75) is 26.3 Å². The molecule has 5 nitrogen and oxygen atoms in total. The fraction of sp³-hybridized carbons (Fsp3) is 0.412. The molecule has 0 radical (unpaired) electrons. The summed E-state index contributed by atoms with van der Waals surface area (Å²) in [4.78, 5) is 17.1. The molecule has 0 fully saturated rings. The van der Waals surface area contributed by atoms with Crippen LogP contribution in [0.25, 0.3) is 10.6 Å². The Hall–Kier alpha value is -1.92. The Morgan fingerprint density at radius 1 is 1.35 bits per heavy atom. The maximum atomic E-state index is 12.1. The van der Waals surface area contributed by atoms with Crippen molar-refractivity contribution in [3.63, 3.8) is 0 Å². The lowest BCUT2D eigenvalue weighted by Gasteiger charge is -2.15. The lowest BCUT2D eigenvalue weighted by atomic mass is 10.0. The molecular formula is C17H23N3O2S. The first-order valence-electron chi connectivity index (χ1n) is 7.65. The first-order chi connectivity index (χ1) is 11.0. The average molecular weight is 333 g/mol. The van der Waals surface area contributed by atoms with Crippen LogP contribution in [0.2, 0.25) is 0 Å². The minimum Gasteiger partial charge on any atom is -0.497 e. The van der Waals surface area contributed by atoms with Gasteiger partial charge in [0.15, 0.2) is 0 Å². The first kappa shape index (κ1) is 17.4. The van der Waals surface area contributed by atoms with Crippen LogP contribution in [0.4, 0.5) is 0 Å². The van der Waals surface area contributed by atoms with Crippen molar-refractivity contribution in [2.75, 3.05) is 13.7 Å². The van der Waals surface area contributed by atoms with Crippen molar-refractivity contribution >= 4 is 17.2 Å². The Balaban J connectivity index is 1.94. The molecule has 2 rings (SSSR count). The number of aromatic nitrogens is 1. The molecule has 124 valence electrons. The zero-order valence-electron chi connectivity index (χ0n) is 13.7. The number of ether oxygens (including phenoxy) is 1. The van der Waals surface area contributed by atoms with E-state index in [0.29, 0.717) is 17.3 Å². The Labute approximate surface area is 140 Å². The van der Waals surface area contributed by atoms with Crippen molar-refractivity contribution in [1.82, 2.24) is 10.3 Å². The smallest absolute Gasteiger partial charge is 0.263 e. The zero-order chi connectivity index (χ0) is 16.8. The van der Waals surface area contributed by atoms with Crippen LogP contribution in [0, 0.1) is 5.92 Å². The summed E-state index contributed by atoms with van der Waals surface area (Å²) in [7, 11) is 1.63. The topological polar surface area (TPSA) is 77.2 Å². The molecule has 6 heteroatoms. The van der Waals surface area contributed by atoms with Crippen LogP contribution in [0.5, 0.6) is 5.75 Å². The van der Waals surface area contributed by atoms with Gasteiger partial charge < -0.3 is 15.8 Å². The van der Waals surface area contributed by atoms with Crippen LogP contribution < -0.4 is 15.8 Å². The van der Waals surface area contributed by atoms with Crippen molar-refractivity contribution in [3.05, 3.63) is 35.3 Å². The summed E-state index contributed by atoms with van der Waals surface area (Å²) in [5.41, 5.74) is 6.94. The summed E-state index contributed by atoms with van der Waals surface area (Å²) in [5, 5.41) is 3.72. The highest BCUT2D eigenvalue weighted by Crippen LogP contribution is 2.26. The monoisotopic (exact) mass is 333 g/mol. The van der Waals surface area contributed by atoms with Crippen LogP contribution in [-0.2, 0) is 0 Å². The molecule has 1 amide bonds. The maximum Gasteiger partial charge on any atom is 0.263 e. The van der Waals surface area contributed by atoms with Gasteiger partial charge in [-0.1, -0.05) is 13.8 Å². The number of hydrogen-bond acceptors (Lipinski definition) is 5. The van der Waals surface area contributed by atoms with Crippen molar-refractivity contribution in [1.29, 1.82) is 0 Å². The molecule has 1 aromatic heterocycles. The average Bonchev–Trinajstić information content (AvgIpc) is 3.04. The number of methoxy groups -OCH3 is 1. The van der Waals surface area contributed by atoms with Crippen LogP contribution in [0.15, 0.2) is 30.5 Å². The van der Waals surface area contributed by atoms with Gasteiger partial charge in [-0.2, -0.15) is 0 Å². The minimum absolute atomic E-state index is 0.0989. The molecule has 23 heavy (non-hydrogen) atoms. The van der Waals surface area contributed by atoms with Crippen LogP contribution in [0.3, 0.4) is 0 Å². The second kappa shape index (κ2) is 8.08. The number of amides is 1. The van der Waals surface area contributed by atoms with E-state index in [2.05, 4.69) is 24.1 Å². The van der Waals surface area contributed by atoms with Gasteiger partial charge in [-0.15, -0.1) is 11.3 Å². The van der Waals surface area contributed by atoms with Gasteiger partial charge in [-0.25, -0.2) is 4.98 Å². The van der Waals surface area contributed by atoms with E-state index in [1.807, 2.05) is 24.3 Å². The molecule has 0 aliphatic rings. The van der Waals surface area contributed by atoms with Gasteiger partial charge in [0.2, 0.25) is 0 Å². The third-order valence-electron chi connectivity index (χ3n) is 3.69. The molecule has 0 bridgehead atoms. The second-order valence-corrected chi connectivity index (χ2v) is 6.74. The van der Waals surface area contributed by atoms with Gasteiger partial charge in [-0.3, -0.25) is 4.79 Å². The summed E-state index contributed by atoms with van der Waals surface area (Å²) in [6.45, 7) is 4.74. The van der Waals surface area contributed by atoms with E-state index in [-0.39, 0.29) is 11.9 Å². The van der Waals surface area contributed by atoms with Crippen LogP contribution in [-0.4, -0.2) is 30.6 Å². The normalized spacial score (nSPS) is 12.2. The number of nitrogens with two attached hydrogens (primary N) is 1. The van der Waals surface area contributed by atoms with Gasteiger partial charge in [-0.05, 0) is 36.6 Å². The third kappa shape index (κ3) is 4.77. The van der Waals surface area contributed by atoms with Crippen LogP contribution >= 0.6 is 11.3 Å². The molecule has 0 spiro atoms. The summed E-state index contributed by atoms with van der Waals surface area (Å²) >= 11 is 1.38. The number of carbonyl (C=O) groups excluding carboxylic acids is 1. The van der Waals surface area contributed by atoms with E-state index in [1.165, 1.54) is 11.3 Å². The fourth-order valence-electron chi connectivity index (χ4n) is 2.02. The summed E-state index contributed by atoms with van der Waals surface area (Å²) < 4.78 is 5.14. The number of rotatable bonds is 7. The highest BCUT2D eigenvalue weighted by Gasteiger charge is 2.13. The fourth-order valence-corrected chi connectivity index (χ4v) is 2.86. The maximum absolute atomic E-state index is 12.1. The Morgan fingerprint density at radius 2 is 2.04 bits per heavy atom. The number of benzene rings is 1. The van der Waals surface area contributed by atoms with Gasteiger partial charge in [0.1, 0.15) is 15.6 Å². The van der Waals surface area contributed by atoms with E-state index >= 15 is 0 Å². The predicted molar refractivity (Wildman–Crippen MR) is 93.9 cm³/mol. The number of nitrogens with zero attached hydrogens (tertiary/aromatic N) is 1. The van der Waals surface area contributed by atoms with Crippen LogP contribution in [0.1, 0.15) is 29.9 Å². The van der Waals surface area contributed by atoms with E-state index < -0.39 is 0 Å². The number of carbonyl (C=O) groups is 1. The Bertz CT molecular complexity index is 638. The molecule has 1 heterocycles. The van der Waals surface area contributed by atoms with Crippen molar-refractivity contribution in [3.8, 4) is 16.3 Å². The SMILES string of the molecule is COc1ccc(-c2ncc(C(=O)NCC[C@@H](N)C(C)C)s2)cc1. The van der Waals surface area contributed by atoms with Gasteiger partial charge in [0.05, 0.1) is 13.3 Å². The Kier molecular flexibility index (Phi) is 6.12. The zero-order valence-corrected chi connectivity index (χ0v) is 14.5. The molecule has 3 N–H and O–H groups in total. The molecule has 2 aromatic rings. The molecule has 0 saturated carbocycles. The van der Waals surface area contributed by atoms with Crippen molar-refractivity contribution in [2.24, 2.45) is 11.7 Å². The summed E-state index contributed by atoms with van der Waals surface area (Å²) in [6.07, 6.45) is 2.38. The van der Waals surface area contributed by atoms with E-state index in [0.717, 1.165) is 22.7 Å². The Morgan fingerprint density at radius 3 is 2.65 bits per heavy atom. The highest BCUT2D eigenvalue weighted by molar-refractivity contribution is 7.16. The number of thiazole rings is 1. The largest absolute Gasteiger partial charge is 0.497 e. The minimum atomic E-state index is -0.0989. The molecule has 1 atom stereocenters.